The zero-order valence-corrected chi connectivity index (χ0v) is 13.0. The second-order valence-corrected chi connectivity index (χ2v) is 5.90. The van der Waals surface area contributed by atoms with Crippen LogP contribution in [0.15, 0.2) is 28.7 Å². The minimum absolute atomic E-state index is 0.0660. The number of likely N-dealkylation sites (tertiary alicyclic amines) is 1. The Labute approximate surface area is 136 Å². The number of benzene rings is 1. The number of alkyl halides is 3. The molecular weight excluding hydrogens is 323 g/mol. The molecule has 1 fully saturated rings. The van der Waals surface area contributed by atoms with Gasteiger partial charge in [-0.3, -0.25) is 4.79 Å². The molecule has 2 heterocycles. The third kappa shape index (κ3) is 3.42. The van der Waals surface area contributed by atoms with Gasteiger partial charge in [0.1, 0.15) is 0 Å². The first-order valence-electron chi connectivity index (χ1n) is 7.61. The molecule has 1 amide bonds. The summed E-state index contributed by atoms with van der Waals surface area (Å²) in [4.78, 5) is 14.2. The van der Waals surface area contributed by atoms with Crippen LogP contribution in [0.25, 0.3) is 0 Å². The van der Waals surface area contributed by atoms with Crippen LogP contribution < -0.4 is 0 Å². The summed E-state index contributed by atoms with van der Waals surface area (Å²) >= 11 is 0. The van der Waals surface area contributed by atoms with Gasteiger partial charge in [-0.05, 0) is 31.9 Å². The first-order chi connectivity index (χ1) is 11.3. The molecule has 1 aliphatic heterocycles. The second-order valence-electron chi connectivity index (χ2n) is 5.90. The average Bonchev–Trinajstić information content (AvgIpc) is 3.05. The van der Waals surface area contributed by atoms with Crippen LogP contribution in [-0.2, 0) is 6.18 Å². The number of rotatable bonds is 2. The van der Waals surface area contributed by atoms with Crippen molar-refractivity contribution in [2.75, 3.05) is 13.1 Å². The molecule has 8 heteroatoms. The highest BCUT2D eigenvalue weighted by Gasteiger charge is 2.39. The molecule has 24 heavy (non-hydrogen) atoms. The number of halogens is 3. The number of amides is 1. The number of hydrogen-bond acceptors (Lipinski definition) is 4. The fraction of sp³-hybridized carbons (Fsp3) is 0.438. The van der Waals surface area contributed by atoms with E-state index in [9.17, 15) is 18.0 Å². The number of hydrogen-bond donors (Lipinski definition) is 0. The van der Waals surface area contributed by atoms with Gasteiger partial charge in [0.2, 0.25) is 5.89 Å². The van der Waals surface area contributed by atoms with Gasteiger partial charge in [-0.2, -0.15) is 13.2 Å². The Morgan fingerprint density at radius 1 is 1.25 bits per heavy atom. The molecule has 1 aromatic heterocycles. The van der Waals surface area contributed by atoms with Crippen molar-refractivity contribution in [3.8, 4) is 0 Å². The SMILES string of the molecule is Cc1ccc(C(=O)N2CCCC(c3nnc(C(F)(F)F)o3)C2)cc1. The summed E-state index contributed by atoms with van der Waals surface area (Å²) in [6.45, 7) is 2.76. The van der Waals surface area contributed by atoms with Crippen molar-refractivity contribution < 1.29 is 22.4 Å². The molecule has 0 aliphatic carbocycles. The molecule has 0 saturated carbocycles. The van der Waals surface area contributed by atoms with Crippen molar-refractivity contribution in [1.82, 2.24) is 15.1 Å². The van der Waals surface area contributed by atoms with E-state index in [4.69, 9.17) is 4.42 Å². The van der Waals surface area contributed by atoms with Crippen LogP contribution in [0.5, 0.6) is 0 Å². The van der Waals surface area contributed by atoms with Gasteiger partial charge in [0.25, 0.3) is 5.91 Å². The van der Waals surface area contributed by atoms with Gasteiger partial charge in [0.15, 0.2) is 0 Å². The van der Waals surface area contributed by atoms with E-state index in [1.165, 1.54) is 0 Å². The fourth-order valence-corrected chi connectivity index (χ4v) is 2.76. The smallest absolute Gasteiger partial charge is 0.417 e. The van der Waals surface area contributed by atoms with Crippen LogP contribution in [0.1, 0.15) is 46.5 Å². The third-order valence-electron chi connectivity index (χ3n) is 4.04. The van der Waals surface area contributed by atoms with E-state index in [2.05, 4.69) is 10.2 Å². The lowest BCUT2D eigenvalue weighted by atomic mass is 9.97. The van der Waals surface area contributed by atoms with Crippen LogP contribution in [-0.4, -0.2) is 34.1 Å². The maximum Gasteiger partial charge on any atom is 0.470 e. The van der Waals surface area contributed by atoms with E-state index in [-0.39, 0.29) is 24.3 Å². The number of carbonyl (C=O) groups is 1. The summed E-state index contributed by atoms with van der Waals surface area (Å²) in [7, 11) is 0. The Hall–Kier alpha value is -2.38. The normalized spacial score (nSPS) is 18.7. The monoisotopic (exact) mass is 339 g/mol. The zero-order valence-electron chi connectivity index (χ0n) is 13.0. The van der Waals surface area contributed by atoms with E-state index in [0.717, 1.165) is 5.56 Å². The van der Waals surface area contributed by atoms with E-state index < -0.39 is 12.1 Å². The summed E-state index contributed by atoms with van der Waals surface area (Å²) in [5.41, 5.74) is 1.61. The summed E-state index contributed by atoms with van der Waals surface area (Å²) in [5.74, 6) is -1.93. The Morgan fingerprint density at radius 3 is 2.58 bits per heavy atom. The lowest BCUT2D eigenvalue weighted by molar-refractivity contribution is -0.157. The van der Waals surface area contributed by atoms with Gasteiger partial charge in [0, 0.05) is 18.7 Å². The Morgan fingerprint density at radius 2 is 1.96 bits per heavy atom. The number of carbonyl (C=O) groups excluding carboxylic acids is 1. The standard InChI is InChI=1S/C16H16F3N3O2/c1-10-4-6-11(7-5-10)14(23)22-8-2-3-12(9-22)13-20-21-15(24-13)16(17,18)19/h4-7,12H,2-3,8-9H2,1H3. The number of piperidine rings is 1. The van der Waals surface area contributed by atoms with Gasteiger partial charge in [-0.25, -0.2) is 0 Å². The lowest BCUT2D eigenvalue weighted by Gasteiger charge is -2.31. The second kappa shape index (κ2) is 6.26. The summed E-state index contributed by atoms with van der Waals surface area (Å²) < 4.78 is 42.5. The fourth-order valence-electron chi connectivity index (χ4n) is 2.76. The predicted molar refractivity (Wildman–Crippen MR) is 78.4 cm³/mol. The van der Waals surface area contributed by atoms with Gasteiger partial charge < -0.3 is 9.32 Å². The lowest BCUT2D eigenvalue weighted by Crippen LogP contribution is -2.39. The molecule has 0 spiro atoms. The molecule has 2 aromatic rings. The zero-order chi connectivity index (χ0) is 17.3. The number of aromatic nitrogens is 2. The highest BCUT2D eigenvalue weighted by Crippen LogP contribution is 2.32. The Kier molecular flexibility index (Phi) is 4.29. The number of aryl methyl sites for hydroxylation is 1. The Balaban J connectivity index is 1.73. The van der Waals surface area contributed by atoms with Gasteiger partial charge in [-0.15, -0.1) is 10.2 Å². The van der Waals surface area contributed by atoms with Crippen LogP contribution >= 0.6 is 0 Å². The van der Waals surface area contributed by atoms with E-state index in [1.54, 1.807) is 17.0 Å². The minimum Gasteiger partial charge on any atom is -0.417 e. The topological polar surface area (TPSA) is 59.2 Å². The van der Waals surface area contributed by atoms with Crippen molar-refractivity contribution in [3.63, 3.8) is 0 Å². The van der Waals surface area contributed by atoms with Crippen molar-refractivity contribution in [2.45, 2.75) is 31.9 Å². The molecule has 1 atom stereocenters. The summed E-state index contributed by atoms with van der Waals surface area (Å²) in [6, 6.07) is 7.19. The van der Waals surface area contributed by atoms with E-state index in [1.807, 2.05) is 19.1 Å². The molecule has 0 N–H and O–H groups in total. The highest BCUT2D eigenvalue weighted by atomic mass is 19.4. The molecule has 1 aromatic carbocycles. The van der Waals surface area contributed by atoms with Crippen LogP contribution in [0, 0.1) is 6.92 Å². The van der Waals surface area contributed by atoms with Gasteiger partial charge in [-0.1, -0.05) is 17.7 Å². The van der Waals surface area contributed by atoms with Crippen LogP contribution in [0.3, 0.4) is 0 Å². The predicted octanol–water partition coefficient (Wildman–Crippen LogP) is 3.42. The average molecular weight is 339 g/mol. The molecule has 1 aliphatic rings. The number of nitrogens with zero attached hydrogens (tertiary/aromatic N) is 3. The maximum absolute atomic E-state index is 12.6. The van der Waals surface area contributed by atoms with Crippen molar-refractivity contribution in [1.29, 1.82) is 0 Å². The third-order valence-corrected chi connectivity index (χ3v) is 4.04. The molecule has 0 radical (unpaired) electrons. The molecular formula is C16H16F3N3O2. The first kappa shape index (κ1) is 16.5. The van der Waals surface area contributed by atoms with Gasteiger partial charge >= 0.3 is 12.1 Å². The Bertz CT molecular complexity index is 725. The molecule has 3 rings (SSSR count). The van der Waals surface area contributed by atoms with Crippen molar-refractivity contribution in [3.05, 3.63) is 47.2 Å². The highest BCUT2D eigenvalue weighted by molar-refractivity contribution is 5.94. The largest absolute Gasteiger partial charge is 0.470 e. The van der Waals surface area contributed by atoms with Crippen molar-refractivity contribution >= 4 is 5.91 Å². The van der Waals surface area contributed by atoms with E-state index >= 15 is 0 Å². The van der Waals surface area contributed by atoms with Crippen LogP contribution in [0.2, 0.25) is 0 Å². The van der Waals surface area contributed by atoms with Crippen molar-refractivity contribution in [2.24, 2.45) is 0 Å². The molecule has 1 saturated heterocycles. The quantitative estimate of drug-likeness (QED) is 0.841. The molecule has 128 valence electrons. The van der Waals surface area contributed by atoms with Gasteiger partial charge in [0.05, 0.1) is 5.92 Å². The molecule has 0 bridgehead atoms. The van der Waals surface area contributed by atoms with E-state index in [0.29, 0.717) is 24.9 Å². The maximum atomic E-state index is 12.6. The first-order valence-corrected chi connectivity index (χ1v) is 7.61. The minimum atomic E-state index is -4.66. The van der Waals surface area contributed by atoms with Crippen LogP contribution in [0.4, 0.5) is 13.2 Å². The summed E-state index contributed by atoms with van der Waals surface area (Å²) in [6.07, 6.45) is -3.37. The summed E-state index contributed by atoms with van der Waals surface area (Å²) in [5, 5.41) is 6.57. The molecule has 1 unspecified atom stereocenters. The molecule has 5 nitrogen and oxygen atoms in total.